The van der Waals surface area contributed by atoms with Gasteiger partial charge in [-0.3, -0.25) is 4.99 Å². The summed E-state index contributed by atoms with van der Waals surface area (Å²) in [5, 5.41) is 5.82. The van der Waals surface area contributed by atoms with E-state index in [1.54, 1.807) is 27.7 Å². The summed E-state index contributed by atoms with van der Waals surface area (Å²) in [5.41, 5.74) is -1.35. The zero-order valence-electron chi connectivity index (χ0n) is 18.1. The Kier molecular flexibility index (Phi) is 10.9. The Balaban J connectivity index is 0.00000841. The SMILES string of the molecule is CN=C(NCc1ccc(OC(C)(C)C)cc1C(F)(F)F)NC(C)CCS(C)(=O)=O.I. The van der Waals surface area contributed by atoms with Crippen molar-refractivity contribution < 1.29 is 26.3 Å². The van der Waals surface area contributed by atoms with Crippen molar-refractivity contribution in [1.82, 2.24) is 10.6 Å². The maximum absolute atomic E-state index is 13.5. The van der Waals surface area contributed by atoms with Crippen molar-refractivity contribution in [2.24, 2.45) is 4.99 Å². The molecule has 1 aromatic carbocycles. The molecule has 1 aromatic rings. The summed E-state index contributed by atoms with van der Waals surface area (Å²) in [4.78, 5) is 3.98. The molecule has 0 spiro atoms. The molecule has 0 saturated carbocycles. The smallest absolute Gasteiger partial charge is 0.416 e. The maximum Gasteiger partial charge on any atom is 0.416 e. The first-order valence-electron chi connectivity index (χ1n) is 9.15. The van der Waals surface area contributed by atoms with Crippen LogP contribution in [0, 0.1) is 0 Å². The number of halogens is 4. The number of rotatable bonds is 7. The quantitative estimate of drug-likeness (QED) is 0.297. The molecule has 0 radical (unpaired) electrons. The number of benzene rings is 1. The van der Waals surface area contributed by atoms with Gasteiger partial charge in [0.2, 0.25) is 0 Å². The van der Waals surface area contributed by atoms with Crippen molar-refractivity contribution in [2.45, 2.75) is 58.5 Å². The summed E-state index contributed by atoms with van der Waals surface area (Å²) in [6.07, 6.45) is -3.03. The molecule has 2 N–H and O–H groups in total. The number of guanidine groups is 1. The predicted octanol–water partition coefficient (Wildman–Crippen LogP) is 3.99. The van der Waals surface area contributed by atoms with E-state index in [0.29, 0.717) is 6.42 Å². The van der Waals surface area contributed by atoms with E-state index in [9.17, 15) is 21.6 Å². The number of nitrogens with zero attached hydrogens (tertiary/aromatic N) is 1. The van der Waals surface area contributed by atoms with E-state index in [2.05, 4.69) is 15.6 Å². The molecule has 0 saturated heterocycles. The number of ether oxygens (including phenoxy) is 1. The van der Waals surface area contributed by atoms with Gasteiger partial charge in [-0.1, -0.05) is 6.07 Å². The highest BCUT2D eigenvalue weighted by Crippen LogP contribution is 2.35. The lowest BCUT2D eigenvalue weighted by molar-refractivity contribution is -0.138. The van der Waals surface area contributed by atoms with Crippen LogP contribution in [0.2, 0.25) is 0 Å². The first-order chi connectivity index (χ1) is 13.1. The molecule has 30 heavy (non-hydrogen) atoms. The molecule has 1 unspecified atom stereocenters. The molecular weight excluding hydrogens is 534 g/mol. The number of hydrogen-bond acceptors (Lipinski definition) is 4. The van der Waals surface area contributed by atoms with Crippen LogP contribution in [-0.4, -0.2) is 45.1 Å². The van der Waals surface area contributed by atoms with E-state index in [0.717, 1.165) is 12.3 Å². The molecule has 1 rings (SSSR count). The Hall–Kier alpha value is -1.24. The number of nitrogens with one attached hydrogen (secondary N) is 2. The maximum atomic E-state index is 13.5. The van der Waals surface area contributed by atoms with Crippen LogP contribution in [0.5, 0.6) is 5.75 Å². The van der Waals surface area contributed by atoms with Crippen LogP contribution in [0.3, 0.4) is 0 Å². The van der Waals surface area contributed by atoms with E-state index in [4.69, 9.17) is 4.74 Å². The fourth-order valence-electron chi connectivity index (χ4n) is 2.46. The predicted molar refractivity (Wildman–Crippen MR) is 124 cm³/mol. The average molecular weight is 565 g/mol. The zero-order valence-corrected chi connectivity index (χ0v) is 21.2. The monoisotopic (exact) mass is 565 g/mol. The van der Waals surface area contributed by atoms with Gasteiger partial charge in [-0.25, -0.2) is 8.42 Å². The number of aliphatic imine (C=N–C) groups is 1. The van der Waals surface area contributed by atoms with Crippen molar-refractivity contribution >= 4 is 39.8 Å². The molecular formula is C19H31F3IN3O3S. The minimum Gasteiger partial charge on any atom is -0.488 e. The minimum absolute atomic E-state index is 0. The fraction of sp³-hybridized carbons (Fsp3) is 0.632. The van der Waals surface area contributed by atoms with Gasteiger partial charge in [0.1, 0.15) is 21.2 Å². The van der Waals surface area contributed by atoms with Crippen molar-refractivity contribution in [3.05, 3.63) is 29.3 Å². The average Bonchev–Trinajstić information content (AvgIpc) is 2.54. The summed E-state index contributed by atoms with van der Waals surface area (Å²) >= 11 is 0. The van der Waals surface area contributed by atoms with Crippen LogP contribution >= 0.6 is 24.0 Å². The van der Waals surface area contributed by atoms with Crippen molar-refractivity contribution in [3.8, 4) is 5.75 Å². The van der Waals surface area contributed by atoms with Gasteiger partial charge >= 0.3 is 6.18 Å². The number of sulfone groups is 1. The van der Waals surface area contributed by atoms with E-state index in [1.165, 1.54) is 19.2 Å². The highest BCUT2D eigenvalue weighted by Gasteiger charge is 2.34. The fourth-order valence-corrected chi connectivity index (χ4v) is 3.24. The third-order valence-electron chi connectivity index (χ3n) is 3.79. The van der Waals surface area contributed by atoms with Crippen LogP contribution in [0.25, 0.3) is 0 Å². The molecule has 0 aliphatic heterocycles. The normalized spacial score (nSPS) is 14.0. The van der Waals surface area contributed by atoms with Gasteiger partial charge in [-0.05, 0) is 51.8 Å². The lowest BCUT2D eigenvalue weighted by Gasteiger charge is -2.23. The Morgan fingerprint density at radius 3 is 2.30 bits per heavy atom. The molecule has 1 atom stereocenters. The molecule has 0 aromatic heterocycles. The molecule has 6 nitrogen and oxygen atoms in total. The van der Waals surface area contributed by atoms with Crippen LogP contribution in [-0.2, 0) is 22.6 Å². The first kappa shape index (κ1) is 28.8. The summed E-state index contributed by atoms with van der Waals surface area (Å²) in [7, 11) is -1.60. The van der Waals surface area contributed by atoms with Gasteiger partial charge in [0.25, 0.3) is 0 Å². The Morgan fingerprint density at radius 2 is 1.83 bits per heavy atom. The molecule has 0 aliphatic carbocycles. The highest BCUT2D eigenvalue weighted by molar-refractivity contribution is 14.0. The molecule has 174 valence electrons. The third-order valence-corrected chi connectivity index (χ3v) is 4.76. The standard InChI is InChI=1S/C19H30F3N3O3S.HI/c1-13(9-10-29(6,26)27)25-17(23-5)24-12-14-7-8-15(28-18(2,3)4)11-16(14)19(20,21)22;/h7-8,11,13H,9-10,12H2,1-6H3,(H2,23,24,25);1H. The van der Waals surface area contributed by atoms with Gasteiger partial charge in [0.15, 0.2) is 5.96 Å². The second-order valence-corrected chi connectivity index (χ2v) is 10.2. The van der Waals surface area contributed by atoms with Crippen LogP contribution < -0.4 is 15.4 Å². The molecule has 0 bridgehead atoms. The summed E-state index contributed by atoms with van der Waals surface area (Å²) in [5.74, 6) is 0.436. The van der Waals surface area contributed by atoms with E-state index in [1.807, 2.05) is 0 Å². The van der Waals surface area contributed by atoms with Crippen molar-refractivity contribution in [1.29, 1.82) is 0 Å². The lowest BCUT2D eigenvalue weighted by Crippen LogP contribution is -2.42. The third kappa shape index (κ3) is 11.2. The first-order valence-corrected chi connectivity index (χ1v) is 11.2. The van der Waals surface area contributed by atoms with Crippen molar-refractivity contribution in [2.75, 3.05) is 19.1 Å². The molecule has 0 amide bonds. The Bertz CT molecular complexity index is 823. The molecule has 0 fully saturated rings. The Labute approximate surface area is 194 Å². The van der Waals surface area contributed by atoms with Crippen LogP contribution in [0.15, 0.2) is 23.2 Å². The number of alkyl halides is 3. The van der Waals surface area contributed by atoms with Gasteiger partial charge in [0, 0.05) is 25.9 Å². The summed E-state index contributed by atoms with van der Waals surface area (Å²) in [6, 6.07) is 3.65. The summed E-state index contributed by atoms with van der Waals surface area (Å²) < 4.78 is 68.6. The lowest BCUT2D eigenvalue weighted by atomic mass is 10.1. The molecule has 0 heterocycles. The molecule has 0 aliphatic rings. The van der Waals surface area contributed by atoms with Crippen LogP contribution in [0.4, 0.5) is 13.2 Å². The summed E-state index contributed by atoms with van der Waals surface area (Å²) in [6.45, 7) is 6.95. The Morgan fingerprint density at radius 1 is 1.23 bits per heavy atom. The van der Waals surface area contributed by atoms with Crippen molar-refractivity contribution in [3.63, 3.8) is 0 Å². The second-order valence-electron chi connectivity index (χ2n) is 7.92. The minimum atomic E-state index is -4.53. The second kappa shape index (κ2) is 11.4. The van der Waals surface area contributed by atoms with Gasteiger partial charge in [0.05, 0.1) is 11.3 Å². The topological polar surface area (TPSA) is 79.8 Å². The highest BCUT2D eigenvalue weighted by atomic mass is 127. The van der Waals surface area contributed by atoms with E-state index < -0.39 is 27.2 Å². The largest absolute Gasteiger partial charge is 0.488 e. The van der Waals surface area contributed by atoms with E-state index in [-0.39, 0.29) is 59.6 Å². The van der Waals surface area contributed by atoms with Gasteiger partial charge in [-0.2, -0.15) is 13.2 Å². The van der Waals surface area contributed by atoms with Gasteiger partial charge < -0.3 is 15.4 Å². The number of hydrogen-bond donors (Lipinski definition) is 2. The van der Waals surface area contributed by atoms with Gasteiger partial charge in [-0.15, -0.1) is 24.0 Å². The van der Waals surface area contributed by atoms with E-state index >= 15 is 0 Å². The molecule has 11 heteroatoms. The van der Waals surface area contributed by atoms with Crippen LogP contribution in [0.1, 0.15) is 45.2 Å². The zero-order chi connectivity index (χ0) is 22.5.